The number of phenolic OH excluding ortho intramolecular Hbond substituents is 1. The fourth-order valence-corrected chi connectivity index (χ4v) is 4.12. The largest absolute Gasteiger partial charge is 0.505 e. The van der Waals surface area contributed by atoms with Gasteiger partial charge in [0.1, 0.15) is 11.4 Å². The number of phenols is 1. The van der Waals surface area contributed by atoms with Crippen molar-refractivity contribution in [1.82, 2.24) is 4.90 Å². The molecule has 7 heteroatoms. The molecule has 2 fully saturated rings. The number of ether oxygens (including phenoxy) is 1. The van der Waals surface area contributed by atoms with Crippen LogP contribution < -0.4 is 0 Å². The van der Waals surface area contributed by atoms with Crippen molar-refractivity contribution < 1.29 is 23.4 Å². The number of halogens is 2. The molecule has 0 spiro atoms. The lowest BCUT2D eigenvalue weighted by Gasteiger charge is -2.43. The van der Waals surface area contributed by atoms with Crippen molar-refractivity contribution in [3.8, 4) is 5.75 Å². The number of thioether (sulfide) groups is 1. The first-order chi connectivity index (χ1) is 10.1. The van der Waals surface area contributed by atoms with Crippen LogP contribution in [0.5, 0.6) is 5.75 Å². The van der Waals surface area contributed by atoms with Gasteiger partial charge in [-0.3, -0.25) is 4.79 Å². The molecule has 1 amide bonds. The predicted molar refractivity (Wildman–Crippen MR) is 74.5 cm³/mol. The molecule has 114 valence electrons. The third-order valence-corrected chi connectivity index (χ3v) is 5.18. The number of carbonyl (C=O) groups is 1. The summed E-state index contributed by atoms with van der Waals surface area (Å²) in [4.78, 5) is 14.1. The standard InChI is InChI=1S/C14H15F2NO3S/c15-8-1-2-10(18)13(16)12(8)14(19)17-4-6-21-11-7-20-5-3-9(11)17/h1-2,9,11,18H,3-7H2. The average molecular weight is 315 g/mol. The molecule has 0 aromatic heterocycles. The molecule has 1 aromatic rings. The highest BCUT2D eigenvalue weighted by molar-refractivity contribution is 8.00. The molecule has 3 rings (SSSR count). The zero-order chi connectivity index (χ0) is 15.0. The Kier molecular flexibility index (Phi) is 4.03. The van der Waals surface area contributed by atoms with E-state index in [1.807, 2.05) is 0 Å². The lowest BCUT2D eigenvalue weighted by Crippen LogP contribution is -2.54. The molecule has 2 unspecified atom stereocenters. The van der Waals surface area contributed by atoms with Gasteiger partial charge in [-0.2, -0.15) is 11.8 Å². The number of fused-ring (bicyclic) bond motifs is 1. The summed E-state index contributed by atoms with van der Waals surface area (Å²) in [6.07, 6.45) is 0.658. The predicted octanol–water partition coefficient (Wildman–Crippen LogP) is 2.02. The van der Waals surface area contributed by atoms with Gasteiger partial charge in [-0.1, -0.05) is 0 Å². The minimum absolute atomic E-state index is 0.0776. The van der Waals surface area contributed by atoms with Crippen LogP contribution >= 0.6 is 11.8 Å². The van der Waals surface area contributed by atoms with Crippen LogP contribution in [-0.2, 0) is 4.74 Å². The van der Waals surface area contributed by atoms with Crippen LogP contribution in [0.3, 0.4) is 0 Å². The lowest BCUT2D eigenvalue weighted by molar-refractivity contribution is 0.0313. The normalized spacial score (nSPS) is 25.5. The number of hydrogen-bond donors (Lipinski definition) is 1. The summed E-state index contributed by atoms with van der Waals surface area (Å²) in [5.41, 5.74) is -0.674. The maximum absolute atomic E-state index is 13.9. The van der Waals surface area contributed by atoms with Crippen LogP contribution in [0.15, 0.2) is 12.1 Å². The summed E-state index contributed by atoms with van der Waals surface area (Å²) < 4.78 is 33.1. The Hall–Kier alpha value is -1.34. The van der Waals surface area contributed by atoms with E-state index in [0.29, 0.717) is 31.9 Å². The Morgan fingerprint density at radius 2 is 2.24 bits per heavy atom. The molecule has 2 atom stereocenters. The van der Waals surface area contributed by atoms with E-state index in [1.54, 1.807) is 11.8 Å². The number of hydrogen-bond acceptors (Lipinski definition) is 4. The number of aromatic hydroxyl groups is 1. The lowest BCUT2D eigenvalue weighted by atomic mass is 10.0. The molecule has 2 saturated heterocycles. The third-order valence-electron chi connectivity index (χ3n) is 3.88. The second kappa shape index (κ2) is 5.81. The van der Waals surface area contributed by atoms with Crippen molar-refractivity contribution in [1.29, 1.82) is 0 Å². The Morgan fingerprint density at radius 1 is 1.43 bits per heavy atom. The van der Waals surface area contributed by atoms with Gasteiger partial charge in [0.2, 0.25) is 0 Å². The number of rotatable bonds is 1. The smallest absolute Gasteiger partial charge is 0.260 e. The zero-order valence-electron chi connectivity index (χ0n) is 11.2. The van der Waals surface area contributed by atoms with Gasteiger partial charge in [-0.15, -0.1) is 0 Å². The highest BCUT2D eigenvalue weighted by Crippen LogP contribution is 2.32. The molecule has 2 aliphatic heterocycles. The van der Waals surface area contributed by atoms with Gasteiger partial charge in [0.25, 0.3) is 5.91 Å². The second-order valence-electron chi connectivity index (χ2n) is 5.09. The molecule has 21 heavy (non-hydrogen) atoms. The minimum Gasteiger partial charge on any atom is -0.505 e. The summed E-state index contributed by atoms with van der Waals surface area (Å²) >= 11 is 1.72. The van der Waals surface area contributed by atoms with E-state index in [1.165, 1.54) is 4.90 Å². The van der Waals surface area contributed by atoms with Crippen LogP contribution in [0, 0.1) is 11.6 Å². The number of carbonyl (C=O) groups excluding carboxylic acids is 1. The summed E-state index contributed by atoms with van der Waals surface area (Å²) in [6, 6.07) is 1.74. The molecule has 1 aromatic carbocycles. The van der Waals surface area contributed by atoms with Gasteiger partial charge in [0, 0.05) is 30.2 Å². The molecule has 0 bridgehead atoms. The summed E-state index contributed by atoms with van der Waals surface area (Å²) in [5, 5.41) is 9.51. The number of nitrogens with zero attached hydrogens (tertiary/aromatic N) is 1. The maximum Gasteiger partial charge on any atom is 0.260 e. The fraction of sp³-hybridized carbons (Fsp3) is 0.500. The van der Waals surface area contributed by atoms with Crippen molar-refractivity contribution >= 4 is 17.7 Å². The molecule has 2 heterocycles. The molecule has 0 aliphatic carbocycles. The Morgan fingerprint density at radius 3 is 3.05 bits per heavy atom. The Labute approximate surface area is 125 Å². The van der Waals surface area contributed by atoms with Gasteiger partial charge >= 0.3 is 0 Å². The van der Waals surface area contributed by atoms with Gasteiger partial charge in [0.15, 0.2) is 11.6 Å². The monoisotopic (exact) mass is 315 g/mol. The molecular weight excluding hydrogens is 300 g/mol. The van der Waals surface area contributed by atoms with Crippen LogP contribution in [-0.4, -0.2) is 52.7 Å². The van der Waals surface area contributed by atoms with Crippen molar-refractivity contribution in [3.05, 3.63) is 29.3 Å². The van der Waals surface area contributed by atoms with Gasteiger partial charge in [0.05, 0.1) is 6.61 Å². The van der Waals surface area contributed by atoms with E-state index in [9.17, 15) is 18.7 Å². The minimum atomic E-state index is -1.19. The van der Waals surface area contributed by atoms with E-state index in [4.69, 9.17) is 4.74 Å². The molecule has 1 N–H and O–H groups in total. The van der Waals surface area contributed by atoms with Crippen molar-refractivity contribution in [2.45, 2.75) is 17.7 Å². The van der Waals surface area contributed by atoms with Crippen LogP contribution in [0.1, 0.15) is 16.8 Å². The van der Waals surface area contributed by atoms with E-state index in [0.717, 1.165) is 12.1 Å². The second-order valence-corrected chi connectivity index (χ2v) is 6.44. The van der Waals surface area contributed by atoms with E-state index in [2.05, 4.69) is 0 Å². The average Bonchev–Trinajstić information content (AvgIpc) is 2.50. The first-order valence-corrected chi connectivity index (χ1v) is 7.81. The first kappa shape index (κ1) is 14.6. The van der Waals surface area contributed by atoms with Crippen LogP contribution in [0.2, 0.25) is 0 Å². The number of benzene rings is 1. The Balaban J connectivity index is 1.92. The molecule has 0 radical (unpaired) electrons. The van der Waals surface area contributed by atoms with Gasteiger partial charge in [-0.25, -0.2) is 8.78 Å². The molecule has 4 nitrogen and oxygen atoms in total. The maximum atomic E-state index is 13.9. The quantitative estimate of drug-likeness (QED) is 0.861. The molecular formula is C14H15F2NO3S. The topological polar surface area (TPSA) is 49.8 Å². The fourth-order valence-electron chi connectivity index (χ4n) is 2.82. The van der Waals surface area contributed by atoms with Crippen molar-refractivity contribution in [3.63, 3.8) is 0 Å². The number of amides is 1. The van der Waals surface area contributed by atoms with E-state index in [-0.39, 0.29) is 11.3 Å². The van der Waals surface area contributed by atoms with Crippen molar-refractivity contribution in [2.24, 2.45) is 0 Å². The van der Waals surface area contributed by atoms with Gasteiger partial charge < -0.3 is 14.7 Å². The summed E-state index contributed by atoms with van der Waals surface area (Å²) in [6.45, 7) is 1.53. The highest BCUT2D eigenvalue weighted by atomic mass is 32.2. The SMILES string of the molecule is O=C(c1c(F)ccc(O)c1F)N1CCSC2COCCC21. The third kappa shape index (κ3) is 2.60. The Bertz CT molecular complexity index is 567. The van der Waals surface area contributed by atoms with Crippen LogP contribution in [0.4, 0.5) is 8.78 Å². The summed E-state index contributed by atoms with van der Waals surface area (Å²) in [5.74, 6) is -2.84. The first-order valence-electron chi connectivity index (χ1n) is 6.77. The van der Waals surface area contributed by atoms with Crippen LogP contribution in [0.25, 0.3) is 0 Å². The molecule has 2 aliphatic rings. The van der Waals surface area contributed by atoms with E-state index >= 15 is 0 Å². The molecule has 0 saturated carbocycles. The highest BCUT2D eigenvalue weighted by Gasteiger charge is 2.38. The summed E-state index contributed by atoms with van der Waals surface area (Å²) in [7, 11) is 0. The van der Waals surface area contributed by atoms with E-state index < -0.39 is 28.9 Å². The van der Waals surface area contributed by atoms with Crippen molar-refractivity contribution in [2.75, 3.05) is 25.5 Å². The zero-order valence-corrected chi connectivity index (χ0v) is 12.0. The van der Waals surface area contributed by atoms with Gasteiger partial charge in [-0.05, 0) is 18.6 Å².